The molecule has 0 bridgehead atoms. The highest BCUT2D eigenvalue weighted by Gasteiger charge is 2.30. The first-order chi connectivity index (χ1) is 17.7. The van der Waals surface area contributed by atoms with Crippen LogP contribution < -0.4 is 10.5 Å². The molecular weight excluding hydrogens is 475 g/mol. The van der Waals surface area contributed by atoms with E-state index in [0.717, 1.165) is 0 Å². The molecule has 4 aromatic rings. The van der Waals surface area contributed by atoms with Gasteiger partial charge in [0.25, 0.3) is 0 Å². The Bertz CT molecular complexity index is 1430. The molecule has 5 rings (SSSR count). The molecule has 10 heteroatoms. The Kier molecular flexibility index (Phi) is 6.41. The first-order valence-electron chi connectivity index (χ1n) is 12.2. The maximum atomic E-state index is 15.0. The number of nitrogens with zero attached hydrogens (tertiary/aromatic N) is 5. The maximum absolute atomic E-state index is 15.0. The number of para-hydroxylation sites is 1. The van der Waals surface area contributed by atoms with Gasteiger partial charge in [-0.1, -0.05) is 18.2 Å². The molecule has 37 heavy (non-hydrogen) atoms. The average Bonchev–Trinajstić information content (AvgIpc) is 3.26. The molecule has 1 fully saturated rings. The zero-order chi connectivity index (χ0) is 26.2. The van der Waals surface area contributed by atoms with E-state index in [-0.39, 0.29) is 23.7 Å². The van der Waals surface area contributed by atoms with Crippen molar-refractivity contribution in [3.8, 4) is 22.8 Å². The van der Waals surface area contributed by atoms with Crippen LogP contribution >= 0.6 is 0 Å². The third-order valence-electron chi connectivity index (χ3n) is 6.16. The second-order valence-electron chi connectivity index (χ2n) is 10.0. The number of nitrogen functional groups attached to an aromatic ring is 1. The van der Waals surface area contributed by atoms with Crippen LogP contribution in [0.1, 0.15) is 39.7 Å². The van der Waals surface area contributed by atoms with Gasteiger partial charge >= 0.3 is 6.09 Å². The van der Waals surface area contributed by atoms with Gasteiger partial charge in [-0.15, -0.1) is 0 Å². The van der Waals surface area contributed by atoms with E-state index in [1.807, 2.05) is 43.7 Å². The van der Waals surface area contributed by atoms with Gasteiger partial charge in [-0.25, -0.2) is 23.8 Å². The number of carbonyl (C=O) groups is 1. The van der Waals surface area contributed by atoms with Crippen molar-refractivity contribution in [3.05, 3.63) is 60.7 Å². The number of aromatic nitrogens is 4. The van der Waals surface area contributed by atoms with Crippen LogP contribution in [0.5, 0.6) is 11.5 Å². The maximum Gasteiger partial charge on any atom is 0.410 e. The minimum atomic E-state index is -0.549. The third-order valence-corrected chi connectivity index (χ3v) is 6.16. The molecule has 0 spiro atoms. The molecule has 1 aliphatic heterocycles. The highest BCUT2D eigenvalue weighted by Crippen LogP contribution is 2.36. The zero-order valence-electron chi connectivity index (χ0n) is 21.0. The second kappa shape index (κ2) is 9.68. The number of piperidine rings is 1. The Hall–Kier alpha value is -4.21. The largest absolute Gasteiger partial charge is 0.454 e. The molecule has 2 aromatic carbocycles. The predicted octanol–water partition coefficient (Wildman–Crippen LogP) is 5.58. The Balaban J connectivity index is 1.42. The van der Waals surface area contributed by atoms with Crippen LogP contribution in [-0.4, -0.2) is 49.4 Å². The van der Waals surface area contributed by atoms with Gasteiger partial charge in [-0.05, 0) is 63.9 Å². The molecule has 0 saturated carbocycles. The van der Waals surface area contributed by atoms with E-state index in [1.54, 1.807) is 29.2 Å². The number of likely N-dealkylation sites (tertiary alicyclic amines) is 1. The van der Waals surface area contributed by atoms with E-state index in [2.05, 4.69) is 9.97 Å². The Morgan fingerprint density at radius 2 is 1.81 bits per heavy atom. The number of amides is 1. The number of nitrogens with two attached hydrogens (primary N) is 1. The van der Waals surface area contributed by atoms with Crippen LogP contribution in [0.2, 0.25) is 0 Å². The van der Waals surface area contributed by atoms with E-state index in [4.69, 9.17) is 20.3 Å². The van der Waals surface area contributed by atoms with Gasteiger partial charge in [0.15, 0.2) is 17.2 Å². The van der Waals surface area contributed by atoms with Crippen LogP contribution in [0.15, 0.2) is 54.9 Å². The van der Waals surface area contributed by atoms with E-state index in [0.29, 0.717) is 54.0 Å². The molecule has 3 heterocycles. The van der Waals surface area contributed by atoms with Crippen LogP contribution in [0, 0.1) is 5.82 Å². The van der Waals surface area contributed by atoms with Crippen molar-refractivity contribution >= 4 is 22.9 Å². The average molecular weight is 505 g/mol. The standard InChI is InChI=1S/C27H29FN6O3/c1-27(2,3)37-26(35)33-13-11-18(12-14-33)34-25-22(24(29)30-16-31-25)23(32-34)17-9-10-21(20(28)15-17)36-19-7-5-4-6-8-19/h4-10,15-16,18H,11-14H2,1-3H3,(H2,29,30,31). The fourth-order valence-electron chi connectivity index (χ4n) is 4.42. The van der Waals surface area contributed by atoms with E-state index in [9.17, 15) is 4.79 Å². The highest BCUT2D eigenvalue weighted by atomic mass is 19.1. The number of halogens is 1. The smallest absolute Gasteiger partial charge is 0.410 e. The summed E-state index contributed by atoms with van der Waals surface area (Å²) in [5.74, 6) is 0.393. The number of carbonyl (C=O) groups excluding carboxylic acids is 1. The van der Waals surface area contributed by atoms with Crippen molar-refractivity contribution in [2.75, 3.05) is 18.8 Å². The van der Waals surface area contributed by atoms with Crippen molar-refractivity contribution in [2.45, 2.75) is 45.3 Å². The molecule has 1 aliphatic rings. The Morgan fingerprint density at radius 1 is 1.08 bits per heavy atom. The predicted molar refractivity (Wildman–Crippen MR) is 138 cm³/mol. The van der Waals surface area contributed by atoms with E-state index >= 15 is 4.39 Å². The van der Waals surface area contributed by atoms with Gasteiger partial charge in [0.1, 0.15) is 29.2 Å². The molecule has 0 atom stereocenters. The summed E-state index contributed by atoms with van der Waals surface area (Å²) in [6, 6.07) is 13.7. The number of benzene rings is 2. The molecule has 192 valence electrons. The molecular formula is C27H29FN6O3. The normalized spacial score (nSPS) is 14.6. The third kappa shape index (κ3) is 5.18. The molecule has 0 unspecified atom stereocenters. The SMILES string of the molecule is CC(C)(C)OC(=O)N1CCC(n2nc(-c3ccc(Oc4ccccc4)c(F)c3)c3c(N)ncnc32)CC1. The lowest BCUT2D eigenvalue weighted by Crippen LogP contribution is -2.42. The number of rotatable bonds is 4. The fourth-order valence-corrected chi connectivity index (χ4v) is 4.42. The number of ether oxygens (including phenoxy) is 2. The summed E-state index contributed by atoms with van der Waals surface area (Å²) in [5.41, 5.74) is 7.29. The lowest BCUT2D eigenvalue weighted by atomic mass is 10.1. The summed E-state index contributed by atoms with van der Waals surface area (Å²) >= 11 is 0. The van der Waals surface area contributed by atoms with Crippen LogP contribution in [0.3, 0.4) is 0 Å². The van der Waals surface area contributed by atoms with Gasteiger partial charge in [-0.3, -0.25) is 0 Å². The van der Waals surface area contributed by atoms with Crippen molar-refractivity contribution in [3.63, 3.8) is 0 Å². The number of hydrogen-bond donors (Lipinski definition) is 1. The molecule has 2 N–H and O–H groups in total. The number of anilines is 1. The van der Waals surface area contributed by atoms with Crippen molar-refractivity contribution in [1.29, 1.82) is 0 Å². The summed E-state index contributed by atoms with van der Waals surface area (Å²) in [6.07, 6.45) is 2.40. The van der Waals surface area contributed by atoms with Crippen LogP contribution in [-0.2, 0) is 4.74 Å². The monoisotopic (exact) mass is 504 g/mol. The van der Waals surface area contributed by atoms with Crippen molar-refractivity contribution in [1.82, 2.24) is 24.6 Å². The molecule has 1 amide bonds. The highest BCUT2D eigenvalue weighted by molar-refractivity contribution is 5.98. The topological polar surface area (TPSA) is 108 Å². The van der Waals surface area contributed by atoms with Crippen molar-refractivity contribution in [2.24, 2.45) is 0 Å². The van der Waals surface area contributed by atoms with E-state index < -0.39 is 11.4 Å². The first-order valence-corrected chi connectivity index (χ1v) is 12.2. The summed E-state index contributed by atoms with van der Waals surface area (Å²) in [4.78, 5) is 22.8. The molecule has 0 radical (unpaired) electrons. The Morgan fingerprint density at radius 3 is 2.49 bits per heavy atom. The number of hydrogen-bond acceptors (Lipinski definition) is 7. The van der Waals surface area contributed by atoms with Gasteiger partial charge in [0, 0.05) is 18.7 Å². The van der Waals surface area contributed by atoms with Crippen LogP contribution in [0.25, 0.3) is 22.3 Å². The molecule has 2 aromatic heterocycles. The van der Waals surface area contributed by atoms with Crippen molar-refractivity contribution < 1.29 is 18.7 Å². The van der Waals surface area contributed by atoms with Gasteiger partial charge in [0.2, 0.25) is 0 Å². The summed E-state index contributed by atoms with van der Waals surface area (Å²) < 4.78 is 28.1. The Labute approximate surface area is 214 Å². The first kappa shape index (κ1) is 24.5. The van der Waals surface area contributed by atoms with Gasteiger partial charge in [0.05, 0.1) is 11.4 Å². The molecule has 9 nitrogen and oxygen atoms in total. The lowest BCUT2D eigenvalue weighted by Gasteiger charge is -2.33. The summed E-state index contributed by atoms with van der Waals surface area (Å²) in [5, 5.41) is 5.38. The summed E-state index contributed by atoms with van der Waals surface area (Å²) in [6.45, 7) is 6.60. The molecule has 0 aliphatic carbocycles. The molecule has 1 saturated heterocycles. The minimum Gasteiger partial charge on any atom is -0.454 e. The van der Waals surface area contributed by atoms with Gasteiger partial charge < -0.3 is 20.1 Å². The zero-order valence-corrected chi connectivity index (χ0v) is 21.0. The van der Waals surface area contributed by atoms with Crippen LogP contribution in [0.4, 0.5) is 15.0 Å². The minimum absolute atomic E-state index is 0.0187. The quantitative estimate of drug-likeness (QED) is 0.386. The lowest BCUT2D eigenvalue weighted by molar-refractivity contribution is 0.0186. The van der Waals surface area contributed by atoms with E-state index in [1.165, 1.54) is 12.4 Å². The fraction of sp³-hybridized carbons (Fsp3) is 0.333. The second-order valence-corrected chi connectivity index (χ2v) is 10.0. The summed E-state index contributed by atoms with van der Waals surface area (Å²) in [7, 11) is 0. The van der Waals surface area contributed by atoms with Gasteiger partial charge in [-0.2, -0.15) is 5.10 Å². The number of fused-ring (bicyclic) bond motifs is 1.